The normalized spacial score (nSPS) is 27.8. The molecule has 1 aliphatic heterocycles. The van der Waals surface area contributed by atoms with Crippen LogP contribution in [0.25, 0.3) is 0 Å². The summed E-state index contributed by atoms with van der Waals surface area (Å²) in [6, 6.07) is 8.32. The summed E-state index contributed by atoms with van der Waals surface area (Å²) >= 11 is 0. The first-order valence-electron chi connectivity index (χ1n) is 9.72. The highest BCUT2D eigenvalue weighted by atomic mass is 16.7. The van der Waals surface area contributed by atoms with E-state index >= 15 is 0 Å². The monoisotopic (exact) mass is 406 g/mol. The van der Waals surface area contributed by atoms with Gasteiger partial charge in [0.15, 0.2) is 0 Å². The van der Waals surface area contributed by atoms with E-state index in [1.165, 1.54) is 5.56 Å². The highest BCUT2D eigenvalue weighted by molar-refractivity contribution is 5.37. The fraction of sp³-hybridized carbons (Fsp3) is 0.571. The minimum Gasteiger partial charge on any atom is -0.443 e. The Morgan fingerprint density at radius 3 is 2.31 bits per heavy atom. The Hall–Kier alpha value is -1.97. The van der Waals surface area contributed by atoms with E-state index in [0.717, 1.165) is 16.8 Å². The lowest BCUT2D eigenvalue weighted by molar-refractivity contribution is -0.278. The van der Waals surface area contributed by atoms with Crippen molar-refractivity contribution >= 4 is 0 Å². The van der Waals surface area contributed by atoms with Crippen LogP contribution >= 0.6 is 0 Å². The summed E-state index contributed by atoms with van der Waals surface area (Å²) in [6.45, 7) is 7.83. The van der Waals surface area contributed by atoms with E-state index < -0.39 is 37.3 Å². The lowest BCUT2D eigenvalue weighted by atomic mass is 9.86. The molecule has 0 unspecified atom stereocenters. The quantitative estimate of drug-likeness (QED) is 0.496. The number of aromatic nitrogens is 2. The van der Waals surface area contributed by atoms with E-state index in [0.29, 0.717) is 6.42 Å². The van der Waals surface area contributed by atoms with Gasteiger partial charge in [-0.25, -0.2) is 0 Å². The van der Waals surface area contributed by atoms with Gasteiger partial charge in [0.1, 0.15) is 24.4 Å². The van der Waals surface area contributed by atoms with Crippen LogP contribution in [0.3, 0.4) is 0 Å². The van der Waals surface area contributed by atoms with Gasteiger partial charge in [-0.15, -0.1) is 5.10 Å². The average Bonchev–Trinajstić information content (AvgIpc) is 3.01. The highest BCUT2D eigenvalue weighted by Crippen LogP contribution is 2.29. The number of aryl methyl sites for hydroxylation is 1. The Labute approximate surface area is 170 Å². The molecule has 5 atom stereocenters. The third kappa shape index (κ3) is 4.62. The summed E-state index contributed by atoms with van der Waals surface area (Å²) in [5.41, 5.74) is 3.99. The Balaban J connectivity index is 1.77. The molecule has 0 spiro atoms. The van der Waals surface area contributed by atoms with Gasteiger partial charge in [0, 0.05) is 17.7 Å². The third-order valence-corrected chi connectivity index (χ3v) is 5.31. The number of aliphatic hydroxyl groups is 4. The first-order valence-corrected chi connectivity index (χ1v) is 9.72. The predicted molar refractivity (Wildman–Crippen MR) is 106 cm³/mol. The number of aromatic amines is 1. The smallest absolute Gasteiger partial charge is 0.238 e. The van der Waals surface area contributed by atoms with E-state index in [4.69, 9.17) is 9.47 Å². The van der Waals surface area contributed by atoms with Crippen LogP contribution in [0.2, 0.25) is 0 Å². The molecule has 1 aromatic carbocycles. The molecule has 0 radical (unpaired) electrons. The summed E-state index contributed by atoms with van der Waals surface area (Å²) in [6.07, 6.45) is -6.17. The van der Waals surface area contributed by atoms with Crippen LogP contribution in [0.4, 0.5) is 0 Å². The second kappa shape index (κ2) is 8.41. The van der Waals surface area contributed by atoms with Gasteiger partial charge in [0.25, 0.3) is 0 Å². The van der Waals surface area contributed by atoms with Crippen LogP contribution in [-0.4, -0.2) is 67.9 Å². The summed E-state index contributed by atoms with van der Waals surface area (Å²) in [5, 5.41) is 46.4. The number of benzene rings is 1. The molecular formula is C21H30N2O6. The average molecular weight is 406 g/mol. The second-order valence-corrected chi connectivity index (χ2v) is 8.57. The number of ether oxygens (including phenoxy) is 2. The first-order chi connectivity index (χ1) is 13.6. The summed E-state index contributed by atoms with van der Waals surface area (Å²) in [4.78, 5) is 0. The number of nitrogens with zero attached hydrogens (tertiary/aromatic N) is 1. The molecule has 0 amide bonds. The lowest BCUT2D eigenvalue weighted by Crippen LogP contribution is -2.60. The Bertz CT molecular complexity index is 812. The molecule has 0 aliphatic carbocycles. The molecule has 1 fully saturated rings. The predicted octanol–water partition coefficient (Wildman–Crippen LogP) is 0.785. The van der Waals surface area contributed by atoms with Gasteiger partial charge < -0.3 is 29.9 Å². The molecular weight excluding hydrogens is 376 g/mol. The van der Waals surface area contributed by atoms with Gasteiger partial charge in [0.05, 0.1) is 6.61 Å². The van der Waals surface area contributed by atoms with Gasteiger partial charge >= 0.3 is 0 Å². The first kappa shape index (κ1) is 21.7. The molecule has 0 bridgehead atoms. The molecule has 1 saturated heterocycles. The zero-order valence-electron chi connectivity index (χ0n) is 17.2. The molecule has 8 nitrogen and oxygen atoms in total. The number of hydrogen-bond donors (Lipinski definition) is 5. The summed E-state index contributed by atoms with van der Waals surface area (Å²) in [5.74, 6) is 0.242. The number of rotatable bonds is 5. The van der Waals surface area contributed by atoms with Crippen molar-refractivity contribution in [3.63, 3.8) is 0 Å². The van der Waals surface area contributed by atoms with Crippen LogP contribution in [0.5, 0.6) is 5.88 Å². The molecule has 5 N–H and O–H groups in total. The van der Waals surface area contributed by atoms with E-state index in [9.17, 15) is 20.4 Å². The number of hydrogen-bond acceptors (Lipinski definition) is 7. The van der Waals surface area contributed by atoms with Gasteiger partial charge in [-0.2, -0.15) is 0 Å². The molecule has 1 aliphatic rings. The maximum Gasteiger partial charge on any atom is 0.238 e. The highest BCUT2D eigenvalue weighted by Gasteiger charge is 2.45. The van der Waals surface area contributed by atoms with Gasteiger partial charge in [0.2, 0.25) is 12.2 Å². The van der Waals surface area contributed by atoms with Crippen molar-refractivity contribution in [3.8, 4) is 5.88 Å². The zero-order valence-corrected chi connectivity index (χ0v) is 17.2. The molecule has 8 heteroatoms. The van der Waals surface area contributed by atoms with Crippen molar-refractivity contribution in [2.75, 3.05) is 6.61 Å². The molecule has 0 saturated carbocycles. The molecule has 2 heterocycles. The number of H-pyrrole nitrogens is 1. The lowest BCUT2D eigenvalue weighted by Gasteiger charge is -2.39. The summed E-state index contributed by atoms with van der Waals surface area (Å²) in [7, 11) is 0. The van der Waals surface area contributed by atoms with Gasteiger partial charge in [-0.3, -0.25) is 5.10 Å². The van der Waals surface area contributed by atoms with E-state index in [2.05, 4.69) is 55.2 Å². The largest absolute Gasteiger partial charge is 0.443 e. The molecule has 3 rings (SSSR count). The standard InChI is InChI=1S/C21H30N2O6/c1-11-14(9-12-5-7-13(8-6-12)21(2,3)4)19(23-22-11)29-20-18(27)17(26)16(25)15(10-24)28-20/h5-8,15-18,20,24-27H,9-10H2,1-4H3,(H,22,23)/t15-,16-,17+,18-,20-/m1/s1. The minimum absolute atomic E-state index is 0.0709. The van der Waals surface area contributed by atoms with Gasteiger partial charge in [-0.05, 0) is 23.5 Å². The fourth-order valence-corrected chi connectivity index (χ4v) is 3.34. The maximum absolute atomic E-state index is 10.2. The maximum atomic E-state index is 10.2. The molecule has 160 valence electrons. The Morgan fingerprint density at radius 2 is 1.72 bits per heavy atom. The van der Waals surface area contributed by atoms with Crippen molar-refractivity contribution in [2.45, 2.75) is 70.2 Å². The van der Waals surface area contributed by atoms with E-state index in [-0.39, 0.29) is 11.3 Å². The van der Waals surface area contributed by atoms with Gasteiger partial charge in [-0.1, -0.05) is 45.0 Å². The van der Waals surface area contributed by atoms with Crippen molar-refractivity contribution in [3.05, 3.63) is 46.6 Å². The Kier molecular flexibility index (Phi) is 6.30. The van der Waals surface area contributed by atoms with Crippen molar-refractivity contribution < 1.29 is 29.9 Å². The van der Waals surface area contributed by atoms with E-state index in [1.807, 2.05) is 6.92 Å². The van der Waals surface area contributed by atoms with Crippen LogP contribution in [0.15, 0.2) is 24.3 Å². The zero-order chi connectivity index (χ0) is 21.3. The van der Waals surface area contributed by atoms with Crippen LogP contribution in [0, 0.1) is 6.92 Å². The molecule has 1 aromatic heterocycles. The van der Waals surface area contributed by atoms with Crippen molar-refractivity contribution in [1.29, 1.82) is 0 Å². The minimum atomic E-state index is -1.50. The van der Waals surface area contributed by atoms with Crippen molar-refractivity contribution in [2.24, 2.45) is 0 Å². The van der Waals surface area contributed by atoms with E-state index in [1.54, 1.807) is 0 Å². The number of aliphatic hydroxyl groups excluding tert-OH is 4. The second-order valence-electron chi connectivity index (χ2n) is 8.57. The number of nitrogens with one attached hydrogen (secondary N) is 1. The van der Waals surface area contributed by atoms with Crippen LogP contribution < -0.4 is 4.74 Å². The Morgan fingerprint density at radius 1 is 1.07 bits per heavy atom. The van der Waals surface area contributed by atoms with Crippen molar-refractivity contribution in [1.82, 2.24) is 10.2 Å². The molecule has 29 heavy (non-hydrogen) atoms. The topological polar surface area (TPSA) is 128 Å². The third-order valence-electron chi connectivity index (χ3n) is 5.31. The van der Waals surface area contributed by atoms with Crippen LogP contribution in [-0.2, 0) is 16.6 Å². The van der Waals surface area contributed by atoms with Crippen LogP contribution in [0.1, 0.15) is 43.2 Å². The molecule has 2 aromatic rings. The fourth-order valence-electron chi connectivity index (χ4n) is 3.34. The SMILES string of the molecule is Cc1[nH]nc(O[C@H]2O[C@H](CO)[C@@H](O)[C@H](O)[C@H]2O)c1Cc1ccc(C(C)(C)C)cc1. The summed E-state index contributed by atoms with van der Waals surface area (Å²) < 4.78 is 11.1.